The number of piperidine rings is 1. The number of aliphatic hydroxyl groups excluding tert-OH is 1. The van der Waals surface area contributed by atoms with Crippen LogP contribution < -0.4 is 10.2 Å². The highest BCUT2D eigenvalue weighted by molar-refractivity contribution is 6.13. The highest BCUT2D eigenvalue weighted by Gasteiger charge is 2.24. The molecule has 0 spiro atoms. The molecule has 0 aliphatic carbocycles. The van der Waals surface area contributed by atoms with Gasteiger partial charge in [-0.05, 0) is 43.5 Å². The molecule has 3 aromatic rings. The number of carbonyl (C=O) groups is 1. The number of nitrogens with one attached hydrogen (secondary N) is 1. The van der Waals surface area contributed by atoms with Crippen molar-refractivity contribution in [1.29, 1.82) is 0 Å². The first-order valence-electron chi connectivity index (χ1n) is 10.4. The van der Waals surface area contributed by atoms with Crippen molar-refractivity contribution >= 4 is 28.3 Å². The van der Waals surface area contributed by atoms with Gasteiger partial charge in [0.25, 0.3) is 5.91 Å². The van der Waals surface area contributed by atoms with E-state index in [9.17, 15) is 9.90 Å². The van der Waals surface area contributed by atoms with Gasteiger partial charge in [-0.1, -0.05) is 50.2 Å². The smallest absolute Gasteiger partial charge is 0.256 e. The highest BCUT2D eigenvalue weighted by atomic mass is 16.3. The van der Waals surface area contributed by atoms with Crippen molar-refractivity contribution in [3.05, 3.63) is 66.2 Å². The lowest BCUT2D eigenvalue weighted by Gasteiger charge is -2.35. The molecule has 1 amide bonds. The van der Waals surface area contributed by atoms with Crippen LogP contribution in [0.5, 0.6) is 0 Å². The van der Waals surface area contributed by atoms with Crippen LogP contribution in [0, 0.1) is 0 Å². The van der Waals surface area contributed by atoms with E-state index < -0.39 is 0 Å². The average Bonchev–Trinajstić information content (AvgIpc) is 2.80. The molecule has 1 aliphatic heterocycles. The van der Waals surface area contributed by atoms with Crippen molar-refractivity contribution in [3.63, 3.8) is 0 Å². The lowest BCUT2D eigenvalue weighted by Crippen LogP contribution is -2.42. The molecule has 0 bridgehead atoms. The molecule has 0 saturated carbocycles. The summed E-state index contributed by atoms with van der Waals surface area (Å²) in [7, 11) is 0. The Balaban J connectivity index is 0.00000117. The van der Waals surface area contributed by atoms with E-state index in [2.05, 4.69) is 10.2 Å². The maximum atomic E-state index is 13.0. The number of aliphatic hydroxyl groups is 1. The summed E-state index contributed by atoms with van der Waals surface area (Å²) in [6, 6.07) is 19.0. The van der Waals surface area contributed by atoms with Gasteiger partial charge in [-0.3, -0.25) is 4.79 Å². The number of nitrogens with zero attached hydrogens (tertiary/aromatic N) is 2. The van der Waals surface area contributed by atoms with Crippen LogP contribution in [-0.4, -0.2) is 35.2 Å². The van der Waals surface area contributed by atoms with Gasteiger partial charge in [-0.15, -0.1) is 0 Å². The number of amides is 1. The van der Waals surface area contributed by atoms with Gasteiger partial charge in [-0.2, -0.15) is 0 Å². The lowest BCUT2D eigenvalue weighted by molar-refractivity contribution is 0.102. The number of para-hydroxylation sites is 2. The maximum absolute atomic E-state index is 13.0. The topological polar surface area (TPSA) is 65.5 Å². The number of pyridine rings is 1. The SMILES string of the molecule is CC.O=C(Nc1ccccc1)c1cc(N2CCCCC2CO)nc2ccccc12. The van der Waals surface area contributed by atoms with Crippen LogP contribution in [0.4, 0.5) is 11.5 Å². The van der Waals surface area contributed by atoms with E-state index in [1.54, 1.807) is 0 Å². The lowest BCUT2D eigenvalue weighted by atomic mass is 10.0. The van der Waals surface area contributed by atoms with Crippen molar-refractivity contribution in [2.75, 3.05) is 23.4 Å². The number of fused-ring (bicyclic) bond motifs is 1. The minimum Gasteiger partial charge on any atom is -0.394 e. The molecule has 1 aromatic heterocycles. The molecular weight excluding hydrogens is 362 g/mol. The largest absolute Gasteiger partial charge is 0.394 e. The Hall–Kier alpha value is -2.92. The van der Waals surface area contributed by atoms with Crippen LogP contribution in [0.25, 0.3) is 10.9 Å². The molecule has 1 unspecified atom stereocenters. The van der Waals surface area contributed by atoms with Gasteiger partial charge < -0.3 is 15.3 Å². The van der Waals surface area contributed by atoms with Crippen molar-refractivity contribution in [3.8, 4) is 0 Å². The molecule has 5 nitrogen and oxygen atoms in total. The van der Waals surface area contributed by atoms with Crippen molar-refractivity contribution < 1.29 is 9.90 Å². The van der Waals surface area contributed by atoms with E-state index >= 15 is 0 Å². The molecule has 0 radical (unpaired) electrons. The zero-order chi connectivity index (χ0) is 20.6. The van der Waals surface area contributed by atoms with Gasteiger partial charge >= 0.3 is 0 Å². The Bertz CT molecular complexity index is 943. The molecule has 2 heterocycles. The summed E-state index contributed by atoms with van der Waals surface area (Å²) < 4.78 is 0. The monoisotopic (exact) mass is 391 g/mol. The molecule has 1 aliphatic rings. The Labute approximate surface area is 172 Å². The van der Waals surface area contributed by atoms with E-state index in [4.69, 9.17) is 4.98 Å². The Kier molecular flexibility index (Phi) is 7.19. The number of carbonyl (C=O) groups excluding carboxylic acids is 1. The Morgan fingerprint density at radius 1 is 1.10 bits per heavy atom. The predicted octanol–water partition coefficient (Wildman–Crippen LogP) is 4.86. The second-order valence-corrected chi connectivity index (χ2v) is 6.89. The highest BCUT2D eigenvalue weighted by Crippen LogP contribution is 2.28. The standard InChI is InChI=1S/C22H23N3O2.C2H6/c26-15-17-10-6-7-13-25(17)21-14-19(18-11-4-5-12-20(18)24-21)22(27)23-16-8-2-1-3-9-16;1-2/h1-5,8-9,11-12,14,17,26H,6-7,10,13,15H2,(H,23,27);1-2H3. The predicted molar refractivity (Wildman–Crippen MR) is 120 cm³/mol. The summed E-state index contributed by atoms with van der Waals surface area (Å²) in [5.41, 5.74) is 2.15. The zero-order valence-corrected chi connectivity index (χ0v) is 17.1. The fourth-order valence-corrected chi connectivity index (χ4v) is 3.71. The van der Waals surface area contributed by atoms with Gasteiger partial charge in [-0.25, -0.2) is 4.98 Å². The second-order valence-electron chi connectivity index (χ2n) is 6.89. The van der Waals surface area contributed by atoms with E-state index in [0.717, 1.165) is 48.2 Å². The Morgan fingerprint density at radius 3 is 2.59 bits per heavy atom. The summed E-state index contributed by atoms with van der Waals surface area (Å²) in [5, 5.41) is 13.6. The van der Waals surface area contributed by atoms with Crippen LogP contribution in [0.1, 0.15) is 43.5 Å². The van der Waals surface area contributed by atoms with Crippen LogP contribution in [0.2, 0.25) is 0 Å². The third kappa shape index (κ3) is 4.74. The normalized spacial score (nSPS) is 16.1. The summed E-state index contributed by atoms with van der Waals surface area (Å²) in [6.07, 6.45) is 3.11. The molecule has 29 heavy (non-hydrogen) atoms. The minimum atomic E-state index is -0.154. The van der Waals surface area contributed by atoms with Gasteiger partial charge in [0.1, 0.15) is 5.82 Å². The molecule has 152 valence electrons. The number of aromatic nitrogens is 1. The van der Waals surface area contributed by atoms with Crippen LogP contribution >= 0.6 is 0 Å². The average molecular weight is 392 g/mol. The molecule has 5 heteroatoms. The molecule has 1 fully saturated rings. The van der Waals surface area contributed by atoms with Crippen molar-refractivity contribution in [1.82, 2.24) is 4.98 Å². The van der Waals surface area contributed by atoms with E-state index in [1.165, 1.54) is 0 Å². The molecular formula is C24H29N3O2. The number of hydrogen-bond donors (Lipinski definition) is 2. The first-order chi connectivity index (χ1) is 14.3. The summed E-state index contributed by atoms with van der Waals surface area (Å²) in [4.78, 5) is 19.9. The molecule has 2 aromatic carbocycles. The van der Waals surface area contributed by atoms with Crippen LogP contribution in [-0.2, 0) is 0 Å². The Morgan fingerprint density at radius 2 is 1.83 bits per heavy atom. The van der Waals surface area contributed by atoms with Gasteiger partial charge in [0.15, 0.2) is 0 Å². The van der Waals surface area contributed by atoms with Crippen molar-refractivity contribution in [2.45, 2.75) is 39.2 Å². The number of anilines is 2. The number of hydrogen-bond acceptors (Lipinski definition) is 4. The molecule has 1 saturated heterocycles. The van der Waals surface area contributed by atoms with E-state index in [1.807, 2.05) is 74.5 Å². The second kappa shape index (κ2) is 10.0. The molecule has 2 N–H and O–H groups in total. The maximum Gasteiger partial charge on any atom is 0.256 e. The summed E-state index contributed by atoms with van der Waals surface area (Å²) in [6.45, 7) is 4.94. The third-order valence-electron chi connectivity index (χ3n) is 5.11. The first-order valence-corrected chi connectivity index (χ1v) is 10.4. The fraction of sp³-hybridized carbons (Fsp3) is 0.333. The fourth-order valence-electron chi connectivity index (χ4n) is 3.71. The molecule has 1 atom stereocenters. The number of benzene rings is 2. The number of rotatable bonds is 4. The first kappa shape index (κ1) is 20.8. The zero-order valence-electron chi connectivity index (χ0n) is 17.1. The van der Waals surface area contributed by atoms with E-state index in [-0.39, 0.29) is 18.6 Å². The van der Waals surface area contributed by atoms with Gasteiger partial charge in [0, 0.05) is 17.6 Å². The quantitative estimate of drug-likeness (QED) is 0.666. The van der Waals surface area contributed by atoms with Gasteiger partial charge in [0.05, 0.1) is 23.7 Å². The van der Waals surface area contributed by atoms with Crippen LogP contribution in [0.15, 0.2) is 60.7 Å². The van der Waals surface area contributed by atoms with E-state index in [0.29, 0.717) is 5.56 Å². The van der Waals surface area contributed by atoms with Crippen LogP contribution in [0.3, 0.4) is 0 Å². The third-order valence-corrected chi connectivity index (χ3v) is 5.11. The molecule has 4 rings (SSSR count). The minimum absolute atomic E-state index is 0.0532. The van der Waals surface area contributed by atoms with Crippen molar-refractivity contribution in [2.24, 2.45) is 0 Å². The van der Waals surface area contributed by atoms with Gasteiger partial charge in [0.2, 0.25) is 0 Å². The summed E-state index contributed by atoms with van der Waals surface area (Å²) >= 11 is 0. The summed E-state index contributed by atoms with van der Waals surface area (Å²) in [5.74, 6) is 0.601.